The van der Waals surface area contributed by atoms with E-state index in [1.807, 2.05) is 12.1 Å². The molecule has 1 N–H and O–H groups in total. The lowest BCUT2D eigenvalue weighted by Crippen LogP contribution is -2.38. The fourth-order valence-electron chi connectivity index (χ4n) is 3.04. The number of nitrogens with one attached hydrogen (secondary N) is 1. The van der Waals surface area contributed by atoms with Crippen LogP contribution in [0.4, 0.5) is 0 Å². The van der Waals surface area contributed by atoms with Crippen molar-refractivity contribution < 1.29 is 4.74 Å². The van der Waals surface area contributed by atoms with Gasteiger partial charge in [0.15, 0.2) is 0 Å². The summed E-state index contributed by atoms with van der Waals surface area (Å²) in [5.74, 6) is 0.814. The molecule has 2 aliphatic rings. The summed E-state index contributed by atoms with van der Waals surface area (Å²) < 4.78 is 5.38. The van der Waals surface area contributed by atoms with Gasteiger partial charge >= 0.3 is 0 Å². The fraction of sp³-hybridized carbons (Fsp3) is 0.647. The lowest BCUT2D eigenvalue weighted by atomic mass is 10.0. The second kappa shape index (κ2) is 7.59. The first-order valence-electron chi connectivity index (χ1n) is 8.12. The van der Waals surface area contributed by atoms with Crippen molar-refractivity contribution in [2.75, 3.05) is 39.4 Å². The molecule has 1 aliphatic carbocycles. The number of morpholine rings is 1. The normalized spacial score (nSPS) is 21.4. The van der Waals surface area contributed by atoms with E-state index in [9.17, 15) is 0 Å². The zero-order valence-electron chi connectivity index (χ0n) is 12.6. The van der Waals surface area contributed by atoms with Crippen LogP contribution in [-0.4, -0.2) is 44.3 Å². The van der Waals surface area contributed by atoms with Crippen molar-refractivity contribution in [1.29, 1.82) is 0 Å². The van der Waals surface area contributed by atoms with Crippen LogP contribution < -0.4 is 5.32 Å². The van der Waals surface area contributed by atoms with Gasteiger partial charge in [-0.1, -0.05) is 23.7 Å². The quantitative estimate of drug-likeness (QED) is 0.783. The second-order valence-corrected chi connectivity index (χ2v) is 6.56. The molecule has 0 bridgehead atoms. The van der Waals surface area contributed by atoms with E-state index in [2.05, 4.69) is 22.3 Å². The molecule has 0 spiro atoms. The SMILES string of the molecule is Clc1ccc(C(NCCCN2CCOCC2)C2CC2)cc1. The highest BCUT2D eigenvalue weighted by Crippen LogP contribution is 2.41. The van der Waals surface area contributed by atoms with E-state index in [1.165, 1.54) is 31.4 Å². The van der Waals surface area contributed by atoms with E-state index in [4.69, 9.17) is 16.3 Å². The van der Waals surface area contributed by atoms with Crippen LogP contribution in [0.15, 0.2) is 24.3 Å². The highest BCUT2D eigenvalue weighted by molar-refractivity contribution is 6.30. The lowest BCUT2D eigenvalue weighted by molar-refractivity contribution is 0.0373. The first-order valence-corrected chi connectivity index (χ1v) is 8.50. The third kappa shape index (κ3) is 4.68. The summed E-state index contributed by atoms with van der Waals surface area (Å²) in [6.45, 7) is 6.22. The van der Waals surface area contributed by atoms with Gasteiger partial charge in [0.2, 0.25) is 0 Å². The van der Waals surface area contributed by atoms with Crippen molar-refractivity contribution in [3.05, 3.63) is 34.9 Å². The van der Waals surface area contributed by atoms with E-state index in [1.54, 1.807) is 0 Å². The zero-order chi connectivity index (χ0) is 14.5. The molecule has 0 radical (unpaired) electrons. The van der Waals surface area contributed by atoms with Crippen LogP contribution in [-0.2, 0) is 4.74 Å². The van der Waals surface area contributed by atoms with Gasteiger partial charge in [-0.3, -0.25) is 4.90 Å². The predicted octanol–water partition coefficient (Wildman–Crippen LogP) is 3.10. The van der Waals surface area contributed by atoms with Gasteiger partial charge in [0.05, 0.1) is 13.2 Å². The highest BCUT2D eigenvalue weighted by atomic mass is 35.5. The fourth-order valence-corrected chi connectivity index (χ4v) is 3.17. The summed E-state index contributed by atoms with van der Waals surface area (Å²) in [7, 11) is 0. The number of benzene rings is 1. The number of hydrogen-bond acceptors (Lipinski definition) is 3. The monoisotopic (exact) mass is 308 g/mol. The minimum atomic E-state index is 0.506. The molecule has 1 saturated carbocycles. The van der Waals surface area contributed by atoms with E-state index < -0.39 is 0 Å². The van der Waals surface area contributed by atoms with Crippen LogP contribution in [0.3, 0.4) is 0 Å². The van der Waals surface area contributed by atoms with E-state index in [-0.39, 0.29) is 0 Å². The standard InChI is InChI=1S/C17H25ClN2O/c18-16-6-4-15(5-7-16)17(14-2-3-14)19-8-1-9-20-10-12-21-13-11-20/h4-7,14,17,19H,1-3,8-13H2. The van der Waals surface area contributed by atoms with E-state index in [0.29, 0.717) is 6.04 Å². The maximum absolute atomic E-state index is 5.99. The highest BCUT2D eigenvalue weighted by Gasteiger charge is 2.31. The van der Waals surface area contributed by atoms with E-state index >= 15 is 0 Å². The Morgan fingerprint density at radius 1 is 1.19 bits per heavy atom. The van der Waals surface area contributed by atoms with Gasteiger partial charge in [0.25, 0.3) is 0 Å². The molecule has 1 aliphatic heterocycles. The third-order valence-electron chi connectivity index (χ3n) is 4.44. The maximum atomic E-state index is 5.99. The van der Waals surface area contributed by atoms with Crippen LogP contribution in [0.25, 0.3) is 0 Å². The Hall–Kier alpha value is -0.610. The number of hydrogen-bond donors (Lipinski definition) is 1. The van der Waals surface area contributed by atoms with Crippen molar-refractivity contribution in [2.45, 2.75) is 25.3 Å². The Kier molecular flexibility index (Phi) is 5.53. The Labute approximate surface area is 132 Å². The maximum Gasteiger partial charge on any atom is 0.0594 e. The average molecular weight is 309 g/mol. The summed E-state index contributed by atoms with van der Waals surface area (Å²) in [6.07, 6.45) is 3.91. The minimum absolute atomic E-state index is 0.506. The van der Waals surface area contributed by atoms with Crippen LogP contribution >= 0.6 is 11.6 Å². The summed E-state index contributed by atoms with van der Waals surface area (Å²) in [4.78, 5) is 2.50. The van der Waals surface area contributed by atoms with Gasteiger partial charge in [0, 0.05) is 24.2 Å². The Morgan fingerprint density at radius 3 is 2.57 bits per heavy atom. The molecule has 1 aromatic rings. The first kappa shape index (κ1) is 15.3. The van der Waals surface area contributed by atoms with Crippen LogP contribution in [0.2, 0.25) is 5.02 Å². The number of rotatable bonds is 7. The molecule has 1 unspecified atom stereocenters. The van der Waals surface area contributed by atoms with Gasteiger partial charge in [-0.15, -0.1) is 0 Å². The molecular formula is C17H25ClN2O. The molecule has 0 amide bonds. The molecule has 1 heterocycles. The van der Waals surface area contributed by atoms with Crippen molar-refractivity contribution in [1.82, 2.24) is 10.2 Å². The van der Waals surface area contributed by atoms with Gasteiger partial charge in [-0.25, -0.2) is 0 Å². The number of ether oxygens (including phenoxy) is 1. The summed E-state index contributed by atoms with van der Waals surface area (Å²) >= 11 is 5.99. The van der Waals surface area contributed by atoms with Gasteiger partial charge in [-0.2, -0.15) is 0 Å². The van der Waals surface area contributed by atoms with Crippen LogP contribution in [0.5, 0.6) is 0 Å². The third-order valence-corrected chi connectivity index (χ3v) is 4.69. The Morgan fingerprint density at radius 2 is 1.90 bits per heavy atom. The van der Waals surface area contributed by atoms with E-state index in [0.717, 1.165) is 43.8 Å². The molecule has 116 valence electrons. The average Bonchev–Trinajstić information content (AvgIpc) is 3.34. The molecular weight excluding hydrogens is 284 g/mol. The van der Waals surface area contributed by atoms with Crippen molar-refractivity contribution in [3.8, 4) is 0 Å². The Balaban J connectivity index is 1.44. The first-order chi connectivity index (χ1) is 10.3. The van der Waals surface area contributed by atoms with Crippen molar-refractivity contribution >= 4 is 11.6 Å². The Bertz CT molecular complexity index is 427. The smallest absolute Gasteiger partial charge is 0.0594 e. The van der Waals surface area contributed by atoms with Gasteiger partial charge < -0.3 is 10.1 Å². The molecule has 4 heteroatoms. The van der Waals surface area contributed by atoms with Crippen LogP contribution in [0, 0.1) is 5.92 Å². The molecule has 3 rings (SSSR count). The lowest BCUT2D eigenvalue weighted by Gasteiger charge is -2.27. The molecule has 1 atom stereocenters. The van der Waals surface area contributed by atoms with Gasteiger partial charge in [-0.05, 0) is 56.0 Å². The number of nitrogens with zero attached hydrogens (tertiary/aromatic N) is 1. The molecule has 0 aromatic heterocycles. The molecule has 2 fully saturated rings. The zero-order valence-corrected chi connectivity index (χ0v) is 13.3. The molecule has 1 saturated heterocycles. The van der Waals surface area contributed by atoms with Crippen molar-refractivity contribution in [3.63, 3.8) is 0 Å². The topological polar surface area (TPSA) is 24.5 Å². The largest absolute Gasteiger partial charge is 0.379 e. The predicted molar refractivity (Wildman–Crippen MR) is 86.8 cm³/mol. The molecule has 1 aromatic carbocycles. The minimum Gasteiger partial charge on any atom is -0.379 e. The second-order valence-electron chi connectivity index (χ2n) is 6.13. The van der Waals surface area contributed by atoms with Crippen molar-refractivity contribution in [2.24, 2.45) is 5.92 Å². The van der Waals surface area contributed by atoms with Gasteiger partial charge in [0.1, 0.15) is 0 Å². The summed E-state index contributed by atoms with van der Waals surface area (Å²) in [6, 6.07) is 8.84. The summed E-state index contributed by atoms with van der Waals surface area (Å²) in [5, 5.41) is 4.58. The number of halogens is 1. The molecule has 21 heavy (non-hydrogen) atoms. The molecule has 3 nitrogen and oxygen atoms in total. The summed E-state index contributed by atoms with van der Waals surface area (Å²) in [5.41, 5.74) is 1.38. The van der Waals surface area contributed by atoms with Crippen LogP contribution in [0.1, 0.15) is 30.9 Å².